The van der Waals surface area contributed by atoms with Crippen LogP contribution in [0.1, 0.15) is 28.5 Å². The minimum Gasteiger partial charge on any atom is -0.490 e. The molecule has 0 radical (unpaired) electrons. The Kier molecular flexibility index (Phi) is 5.72. The van der Waals surface area contributed by atoms with Crippen LogP contribution in [0.5, 0.6) is 11.5 Å². The Bertz CT molecular complexity index is 990. The van der Waals surface area contributed by atoms with E-state index in [0.717, 1.165) is 16.6 Å². The van der Waals surface area contributed by atoms with Crippen molar-refractivity contribution in [3.8, 4) is 11.5 Å². The summed E-state index contributed by atoms with van der Waals surface area (Å²) in [6.07, 6.45) is 1.48. The van der Waals surface area contributed by atoms with E-state index in [1.165, 1.54) is 17.2 Å². The molecule has 148 valence electrons. The molecule has 0 saturated heterocycles. The number of aromatic nitrogens is 3. The molecule has 3 rings (SSSR count). The highest BCUT2D eigenvalue weighted by Gasteiger charge is 2.17. The van der Waals surface area contributed by atoms with Gasteiger partial charge in [-0.25, -0.2) is 4.98 Å². The fraction of sp³-hybridized carbons (Fsp3) is 0.316. The van der Waals surface area contributed by atoms with Crippen molar-refractivity contribution >= 4 is 16.9 Å². The molecule has 1 N–H and O–H groups in total. The van der Waals surface area contributed by atoms with Crippen LogP contribution in [0, 0.1) is 6.92 Å². The lowest BCUT2D eigenvalue weighted by atomic mass is 10.1. The average Bonchev–Trinajstić information content (AvgIpc) is 3.03. The van der Waals surface area contributed by atoms with Crippen LogP contribution in [0.25, 0.3) is 11.0 Å². The summed E-state index contributed by atoms with van der Waals surface area (Å²) in [5, 5.41) is 7.66. The molecule has 0 unspecified atom stereocenters. The van der Waals surface area contributed by atoms with Gasteiger partial charge in [-0.3, -0.25) is 9.89 Å². The number of hydrogen-bond donors (Lipinski definition) is 1. The molecular weight excluding hydrogens is 370 g/mol. The summed E-state index contributed by atoms with van der Waals surface area (Å²) in [5.74, 6) is -0.0567. The number of aryl methyl sites for hydroxylation is 1. The van der Waals surface area contributed by atoms with E-state index in [-0.39, 0.29) is 24.0 Å². The lowest BCUT2D eigenvalue weighted by Crippen LogP contribution is -2.26. The Labute approximate surface area is 160 Å². The van der Waals surface area contributed by atoms with Crippen LogP contribution in [0.15, 0.2) is 30.5 Å². The maximum Gasteiger partial charge on any atom is 0.387 e. The van der Waals surface area contributed by atoms with Gasteiger partial charge in [-0.2, -0.15) is 13.9 Å². The first kappa shape index (κ1) is 19.5. The monoisotopic (exact) mass is 390 g/mol. The van der Waals surface area contributed by atoms with Gasteiger partial charge in [0.15, 0.2) is 17.1 Å². The van der Waals surface area contributed by atoms with Crippen molar-refractivity contribution < 1.29 is 23.0 Å². The van der Waals surface area contributed by atoms with E-state index in [0.29, 0.717) is 17.8 Å². The molecule has 0 bridgehead atoms. The first-order valence-corrected chi connectivity index (χ1v) is 8.65. The number of nitrogens with one attached hydrogen (secondary N) is 1. The van der Waals surface area contributed by atoms with Crippen LogP contribution < -0.4 is 9.47 Å². The second-order valence-corrected chi connectivity index (χ2v) is 6.20. The SMILES string of the molecule is CCOc1cc(CN(C)C(=O)c2cnc3n[nH]c(C)c3c2)ccc1OC(F)F. The number of amides is 1. The number of carbonyl (C=O) groups is 1. The van der Waals surface area contributed by atoms with Crippen molar-refractivity contribution in [3.63, 3.8) is 0 Å². The molecule has 7 nitrogen and oxygen atoms in total. The smallest absolute Gasteiger partial charge is 0.387 e. The van der Waals surface area contributed by atoms with E-state index in [4.69, 9.17) is 4.74 Å². The van der Waals surface area contributed by atoms with Gasteiger partial charge < -0.3 is 14.4 Å². The second kappa shape index (κ2) is 8.20. The summed E-state index contributed by atoms with van der Waals surface area (Å²) in [7, 11) is 1.65. The Hall–Kier alpha value is -3.23. The van der Waals surface area contributed by atoms with Crippen LogP contribution >= 0.6 is 0 Å². The van der Waals surface area contributed by atoms with Crippen molar-refractivity contribution in [3.05, 3.63) is 47.3 Å². The van der Waals surface area contributed by atoms with Crippen molar-refractivity contribution in [2.75, 3.05) is 13.7 Å². The van der Waals surface area contributed by atoms with E-state index in [1.807, 2.05) is 6.92 Å². The number of alkyl halides is 2. The van der Waals surface area contributed by atoms with E-state index < -0.39 is 6.61 Å². The molecular formula is C19H20F2N4O3. The lowest BCUT2D eigenvalue weighted by molar-refractivity contribution is -0.0514. The first-order chi connectivity index (χ1) is 13.4. The Morgan fingerprint density at radius 2 is 2.07 bits per heavy atom. The lowest BCUT2D eigenvalue weighted by Gasteiger charge is -2.19. The van der Waals surface area contributed by atoms with E-state index in [1.54, 1.807) is 32.2 Å². The number of carbonyl (C=O) groups excluding carboxylic acids is 1. The molecule has 0 spiro atoms. The predicted molar refractivity (Wildman–Crippen MR) is 98.7 cm³/mol. The van der Waals surface area contributed by atoms with Gasteiger partial charge in [0, 0.05) is 30.9 Å². The van der Waals surface area contributed by atoms with Crippen molar-refractivity contribution in [1.82, 2.24) is 20.1 Å². The largest absolute Gasteiger partial charge is 0.490 e. The van der Waals surface area contributed by atoms with Crippen LogP contribution in [0.2, 0.25) is 0 Å². The molecule has 1 aromatic carbocycles. The number of benzene rings is 1. The molecule has 2 aromatic heterocycles. The zero-order valence-electron chi connectivity index (χ0n) is 15.7. The number of rotatable bonds is 7. The van der Waals surface area contributed by atoms with Gasteiger partial charge in [-0.05, 0) is 37.6 Å². The van der Waals surface area contributed by atoms with Crippen LogP contribution in [0.4, 0.5) is 8.78 Å². The van der Waals surface area contributed by atoms with E-state index in [2.05, 4.69) is 19.9 Å². The van der Waals surface area contributed by atoms with Crippen LogP contribution in [-0.4, -0.2) is 46.3 Å². The average molecular weight is 390 g/mol. The number of nitrogens with zero attached hydrogens (tertiary/aromatic N) is 3. The zero-order chi connectivity index (χ0) is 20.3. The third kappa shape index (κ3) is 4.19. The summed E-state index contributed by atoms with van der Waals surface area (Å²) in [6, 6.07) is 6.36. The summed E-state index contributed by atoms with van der Waals surface area (Å²) < 4.78 is 34.9. The highest BCUT2D eigenvalue weighted by molar-refractivity contribution is 5.97. The zero-order valence-corrected chi connectivity index (χ0v) is 15.7. The van der Waals surface area contributed by atoms with E-state index in [9.17, 15) is 13.6 Å². The summed E-state index contributed by atoms with van der Waals surface area (Å²) in [4.78, 5) is 18.5. The molecule has 2 heterocycles. The van der Waals surface area contributed by atoms with Gasteiger partial charge in [-0.1, -0.05) is 6.07 Å². The molecule has 28 heavy (non-hydrogen) atoms. The second-order valence-electron chi connectivity index (χ2n) is 6.20. The molecule has 1 amide bonds. The third-order valence-electron chi connectivity index (χ3n) is 4.14. The Morgan fingerprint density at radius 3 is 2.79 bits per heavy atom. The highest BCUT2D eigenvalue weighted by Crippen LogP contribution is 2.30. The molecule has 0 fully saturated rings. The Balaban J connectivity index is 1.78. The van der Waals surface area contributed by atoms with Gasteiger partial charge in [0.1, 0.15) is 0 Å². The maximum absolute atomic E-state index is 12.7. The number of pyridine rings is 1. The number of H-pyrrole nitrogens is 1. The highest BCUT2D eigenvalue weighted by atomic mass is 19.3. The maximum atomic E-state index is 12.7. The predicted octanol–water partition coefficient (Wildman–Crippen LogP) is 3.54. The molecule has 9 heteroatoms. The molecule has 3 aromatic rings. The van der Waals surface area contributed by atoms with Crippen molar-refractivity contribution in [2.24, 2.45) is 0 Å². The molecule has 0 aliphatic heterocycles. The van der Waals surface area contributed by atoms with Crippen LogP contribution in [0.3, 0.4) is 0 Å². The first-order valence-electron chi connectivity index (χ1n) is 8.65. The normalized spacial score (nSPS) is 11.1. The van der Waals surface area contributed by atoms with Gasteiger partial charge in [0.25, 0.3) is 5.91 Å². The fourth-order valence-electron chi connectivity index (χ4n) is 2.82. The fourth-order valence-corrected chi connectivity index (χ4v) is 2.82. The molecule has 0 aliphatic carbocycles. The van der Waals surface area contributed by atoms with Crippen molar-refractivity contribution in [2.45, 2.75) is 27.0 Å². The number of hydrogen-bond acceptors (Lipinski definition) is 5. The summed E-state index contributed by atoms with van der Waals surface area (Å²) >= 11 is 0. The summed E-state index contributed by atoms with van der Waals surface area (Å²) in [5.41, 5.74) is 2.53. The minimum atomic E-state index is -2.94. The Morgan fingerprint density at radius 1 is 1.29 bits per heavy atom. The van der Waals surface area contributed by atoms with Crippen molar-refractivity contribution in [1.29, 1.82) is 0 Å². The molecule has 0 aliphatic rings. The topological polar surface area (TPSA) is 80.3 Å². The number of aromatic amines is 1. The third-order valence-corrected chi connectivity index (χ3v) is 4.14. The van der Waals surface area contributed by atoms with Gasteiger partial charge >= 0.3 is 6.61 Å². The van der Waals surface area contributed by atoms with Gasteiger partial charge in [-0.15, -0.1) is 0 Å². The van der Waals surface area contributed by atoms with Gasteiger partial charge in [0.2, 0.25) is 0 Å². The summed E-state index contributed by atoms with van der Waals surface area (Å²) in [6.45, 7) is 1.22. The van der Waals surface area contributed by atoms with E-state index >= 15 is 0 Å². The molecule has 0 atom stereocenters. The quantitative estimate of drug-likeness (QED) is 0.667. The van der Waals surface area contributed by atoms with Crippen LogP contribution in [-0.2, 0) is 6.54 Å². The number of halogens is 2. The number of fused-ring (bicyclic) bond motifs is 1. The molecule has 0 saturated carbocycles. The number of ether oxygens (including phenoxy) is 2. The minimum absolute atomic E-state index is 0.0420. The van der Waals surface area contributed by atoms with Gasteiger partial charge in [0.05, 0.1) is 12.2 Å². The standard InChI is InChI=1S/C19H20F2N4O3/c1-4-27-16-7-12(5-6-15(16)28-19(20)21)10-25(3)18(26)13-8-14-11(2)23-24-17(14)22-9-13/h5-9,19H,4,10H2,1-3H3,(H,22,23,24).